The van der Waals surface area contributed by atoms with E-state index in [9.17, 15) is 28.7 Å². The van der Waals surface area contributed by atoms with E-state index in [-0.39, 0.29) is 40.1 Å². The van der Waals surface area contributed by atoms with Crippen molar-refractivity contribution in [1.29, 1.82) is 0 Å². The summed E-state index contributed by atoms with van der Waals surface area (Å²) in [6, 6.07) is 8.37. The van der Waals surface area contributed by atoms with E-state index in [0.29, 0.717) is 5.82 Å². The van der Waals surface area contributed by atoms with Gasteiger partial charge in [-0.25, -0.2) is 19.2 Å². The summed E-state index contributed by atoms with van der Waals surface area (Å²) in [7, 11) is 0. The van der Waals surface area contributed by atoms with Crippen LogP contribution in [0.15, 0.2) is 53.6 Å². The zero-order valence-electron chi connectivity index (χ0n) is 25.1. The van der Waals surface area contributed by atoms with E-state index >= 15 is 0 Å². The second kappa shape index (κ2) is 12.6. The molecule has 47 heavy (non-hydrogen) atoms. The minimum Gasteiger partial charge on any atom is -0.444 e. The highest BCUT2D eigenvalue weighted by Gasteiger charge is 2.37. The van der Waals surface area contributed by atoms with Gasteiger partial charge in [0.05, 0.1) is 12.7 Å². The first kappa shape index (κ1) is 31.8. The Balaban J connectivity index is 1.13. The Morgan fingerprint density at radius 1 is 1.09 bits per heavy atom. The molecule has 4 aromatic heterocycles. The van der Waals surface area contributed by atoms with Crippen LogP contribution in [0.1, 0.15) is 59.8 Å². The standard InChI is InChI=1S/C30H27FN8O6S2/c1-30(2,3)45-29(44)36-22-10-21-14(11-32-22)8-15(46-21)12-34-24(41)19-9-20(40)23-33-13-18(28(43)39(19)23)35-25(42)27-38-37-26(47-27)16-6-4-5-7-17(16)31/h4-8,10-11,13,19-20,40H,9,12H2,1-3H3,(H,34,41)(H,35,42)(H,32,36,44)/t19-,20-/m0/s1. The molecule has 0 fully saturated rings. The number of amides is 3. The molecule has 14 nitrogen and oxygen atoms in total. The molecule has 17 heteroatoms. The van der Waals surface area contributed by atoms with E-state index in [2.05, 4.69) is 36.1 Å². The number of carbonyl (C=O) groups is 3. The molecule has 0 bridgehead atoms. The monoisotopic (exact) mass is 678 g/mol. The van der Waals surface area contributed by atoms with E-state index in [1.165, 1.54) is 29.5 Å². The summed E-state index contributed by atoms with van der Waals surface area (Å²) in [6.45, 7) is 5.39. The first-order chi connectivity index (χ1) is 22.4. The Morgan fingerprint density at radius 2 is 1.87 bits per heavy atom. The third kappa shape index (κ3) is 6.86. The summed E-state index contributed by atoms with van der Waals surface area (Å²) in [5.41, 5.74) is -1.46. The molecule has 2 atom stereocenters. The molecule has 4 N–H and O–H groups in total. The number of nitrogens with one attached hydrogen (secondary N) is 3. The van der Waals surface area contributed by atoms with Gasteiger partial charge < -0.3 is 20.5 Å². The molecular weight excluding hydrogens is 652 g/mol. The molecular formula is C30H27FN8O6S2. The van der Waals surface area contributed by atoms with Gasteiger partial charge in [-0.05, 0) is 45.0 Å². The summed E-state index contributed by atoms with van der Waals surface area (Å²) >= 11 is 2.22. The molecule has 3 amide bonds. The third-order valence-corrected chi connectivity index (χ3v) is 8.92. The Labute approximate surface area is 273 Å². The molecule has 1 aromatic carbocycles. The minimum atomic E-state index is -1.18. The Hall–Kier alpha value is -5.13. The fourth-order valence-corrected chi connectivity index (χ4v) is 6.62. The molecule has 242 valence electrons. The molecule has 5 aromatic rings. The zero-order chi connectivity index (χ0) is 33.5. The third-order valence-electron chi connectivity index (χ3n) is 6.87. The SMILES string of the molecule is CC(C)(C)OC(=O)Nc1cc2sc(CNC(=O)[C@@H]3C[C@H](O)c4ncc(NC(=O)c5nnc(-c6ccccc6F)s5)c(=O)n43)cc2cn1. The second-order valence-electron chi connectivity index (χ2n) is 11.5. The predicted octanol–water partition coefficient (Wildman–Crippen LogP) is 4.40. The summed E-state index contributed by atoms with van der Waals surface area (Å²) < 4.78 is 21.3. The van der Waals surface area contributed by atoms with Crippen molar-refractivity contribution in [3.8, 4) is 10.6 Å². The van der Waals surface area contributed by atoms with Gasteiger partial charge in [-0.1, -0.05) is 23.5 Å². The van der Waals surface area contributed by atoms with Gasteiger partial charge in [-0.15, -0.1) is 21.5 Å². The number of rotatable bonds is 7. The maximum Gasteiger partial charge on any atom is 0.413 e. The summed E-state index contributed by atoms with van der Waals surface area (Å²) in [5.74, 6) is -1.52. The van der Waals surface area contributed by atoms with Crippen LogP contribution in [0.5, 0.6) is 0 Å². The van der Waals surface area contributed by atoms with Gasteiger partial charge in [0.2, 0.25) is 10.9 Å². The van der Waals surface area contributed by atoms with E-state index in [1.807, 2.05) is 6.07 Å². The number of pyridine rings is 1. The molecule has 0 unspecified atom stereocenters. The molecule has 0 saturated heterocycles. The number of nitrogens with zero attached hydrogens (tertiary/aromatic N) is 5. The van der Waals surface area contributed by atoms with Gasteiger partial charge in [-0.3, -0.25) is 24.3 Å². The van der Waals surface area contributed by atoms with Crippen molar-refractivity contribution in [2.75, 3.05) is 10.6 Å². The number of benzene rings is 1. The zero-order valence-corrected chi connectivity index (χ0v) is 26.7. The van der Waals surface area contributed by atoms with Crippen LogP contribution in [0.3, 0.4) is 0 Å². The molecule has 0 radical (unpaired) electrons. The highest BCUT2D eigenvalue weighted by molar-refractivity contribution is 7.19. The largest absolute Gasteiger partial charge is 0.444 e. The normalized spacial score (nSPS) is 15.7. The average molecular weight is 679 g/mol. The molecule has 1 aliphatic rings. The van der Waals surface area contributed by atoms with Crippen molar-refractivity contribution >= 4 is 62.2 Å². The van der Waals surface area contributed by atoms with Crippen molar-refractivity contribution in [1.82, 2.24) is 30.0 Å². The summed E-state index contributed by atoms with van der Waals surface area (Å²) in [6.07, 6.45) is 0.793. The second-order valence-corrected chi connectivity index (χ2v) is 13.6. The number of thiophene rings is 1. The van der Waals surface area contributed by atoms with Gasteiger partial charge in [0.15, 0.2) is 5.01 Å². The number of hydrogen-bond acceptors (Lipinski definition) is 12. The Bertz CT molecular complexity index is 2090. The van der Waals surface area contributed by atoms with Gasteiger partial charge in [-0.2, -0.15) is 0 Å². The molecule has 0 saturated carbocycles. The molecule has 0 aliphatic carbocycles. The highest BCUT2D eigenvalue weighted by atomic mass is 32.1. The van der Waals surface area contributed by atoms with Crippen LogP contribution < -0.4 is 21.5 Å². The molecule has 1 aliphatic heterocycles. The number of anilines is 2. The van der Waals surface area contributed by atoms with Crippen LogP contribution in [0.25, 0.3) is 20.7 Å². The number of aliphatic hydroxyl groups is 1. The van der Waals surface area contributed by atoms with Crippen LogP contribution >= 0.6 is 22.7 Å². The maximum atomic E-state index is 14.2. The van der Waals surface area contributed by atoms with Gasteiger partial charge >= 0.3 is 6.09 Å². The first-order valence-electron chi connectivity index (χ1n) is 14.2. The van der Waals surface area contributed by atoms with Crippen LogP contribution in [-0.2, 0) is 16.1 Å². The first-order valence-corrected chi connectivity index (χ1v) is 15.8. The van der Waals surface area contributed by atoms with Crippen molar-refractivity contribution in [3.63, 3.8) is 0 Å². The van der Waals surface area contributed by atoms with Crippen LogP contribution in [0.2, 0.25) is 0 Å². The van der Waals surface area contributed by atoms with Gasteiger partial charge in [0.1, 0.15) is 40.9 Å². The number of fused-ring (bicyclic) bond motifs is 2. The minimum absolute atomic E-state index is 0.0103. The smallest absolute Gasteiger partial charge is 0.413 e. The topological polar surface area (TPSA) is 190 Å². The number of halogens is 1. The number of carbonyl (C=O) groups excluding carboxylic acids is 3. The van der Waals surface area contributed by atoms with E-state index in [4.69, 9.17) is 4.74 Å². The fraction of sp³-hybridized carbons (Fsp3) is 0.267. The van der Waals surface area contributed by atoms with Crippen molar-refractivity contribution in [2.45, 2.75) is 51.5 Å². The lowest BCUT2D eigenvalue weighted by atomic mass is 10.2. The molecule has 5 heterocycles. The molecule has 0 spiro atoms. The highest BCUT2D eigenvalue weighted by Crippen LogP contribution is 2.33. The number of ether oxygens (including phenoxy) is 1. The van der Waals surface area contributed by atoms with E-state index < -0.39 is 47.0 Å². The van der Waals surface area contributed by atoms with E-state index in [0.717, 1.165) is 37.1 Å². The lowest BCUT2D eigenvalue weighted by Crippen LogP contribution is -2.36. The predicted molar refractivity (Wildman–Crippen MR) is 172 cm³/mol. The maximum absolute atomic E-state index is 14.2. The van der Waals surface area contributed by atoms with Crippen molar-refractivity contribution in [2.24, 2.45) is 0 Å². The van der Waals surface area contributed by atoms with Crippen molar-refractivity contribution < 1.29 is 28.6 Å². The van der Waals surface area contributed by atoms with Crippen LogP contribution in [0.4, 0.5) is 20.7 Å². The van der Waals surface area contributed by atoms with Crippen LogP contribution in [0, 0.1) is 5.82 Å². The van der Waals surface area contributed by atoms with Gasteiger partial charge in [0.25, 0.3) is 11.5 Å². The number of aliphatic hydroxyl groups excluding tert-OH is 1. The fourth-order valence-electron chi connectivity index (χ4n) is 4.84. The number of aromatic nitrogens is 5. The lowest BCUT2D eigenvalue weighted by Gasteiger charge is -2.19. The lowest BCUT2D eigenvalue weighted by molar-refractivity contribution is -0.124. The van der Waals surface area contributed by atoms with Crippen LogP contribution in [-0.4, -0.2) is 53.3 Å². The summed E-state index contributed by atoms with van der Waals surface area (Å²) in [5, 5.41) is 27.0. The van der Waals surface area contributed by atoms with E-state index in [1.54, 1.807) is 39.1 Å². The summed E-state index contributed by atoms with van der Waals surface area (Å²) in [4.78, 5) is 60.9. The van der Waals surface area contributed by atoms with Crippen molar-refractivity contribution in [3.05, 3.63) is 80.7 Å². The Morgan fingerprint density at radius 3 is 2.64 bits per heavy atom. The number of hydrogen-bond donors (Lipinski definition) is 4. The van der Waals surface area contributed by atoms with Gasteiger partial charge in [0, 0.05) is 33.1 Å². The average Bonchev–Trinajstić information content (AvgIpc) is 3.74. The quantitative estimate of drug-likeness (QED) is 0.192. The Kier molecular flexibility index (Phi) is 8.52. The molecule has 6 rings (SSSR count).